The fraction of sp³-hybridized carbons (Fsp3) is 0.233. The van der Waals surface area contributed by atoms with E-state index in [4.69, 9.17) is 35.3 Å². The van der Waals surface area contributed by atoms with Gasteiger partial charge in [0.2, 0.25) is 5.89 Å². The second-order valence-corrected chi connectivity index (χ2v) is 10.0. The van der Waals surface area contributed by atoms with Crippen molar-refractivity contribution in [1.29, 1.82) is 0 Å². The molecule has 204 valence electrons. The zero-order valence-electron chi connectivity index (χ0n) is 21.4. The summed E-state index contributed by atoms with van der Waals surface area (Å²) in [7, 11) is 0. The number of amides is 1. The molecule has 1 aromatic heterocycles. The van der Waals surface area contributed by atoms with Crippen LogP contribution in [0.2, 0.25) is 5.02 Å². The number of carbonyl (C=O) groups is 1. The third kappa shape index (κ3) is 5.82. The number of para-hydroxylation sites is 1. The van der Waals surface area contributed by atoms with Crippen molar-refractivity contribution in [2.24, 2.45) is 0 Å². The fourth-order valence-corrected chi connectivity index (χ4v) is 5.23. The number of anilines is 1. The SMILES string of the molecule is O=C1OC2(CCN(Cc3nc(-c4ccccc4)oc3-c3ccc(F)c(Cl)c3)CC2)CN1c1ccccc1.O=C=O. The van der Waals surface area contributed by atoms with E-state index in [2.05, 4.69) is 4.90 Å². The molecule has 0 bridgehead atoms. The number of piperidine rings is 1. The summed E-state index contributed by atoms with van der Waals surface area (Å²) >= 11 is 6.08. The van der Waals surface area contributed by atoms with Gasteiger partial charge in [0.15, 0.2) is 5.76 Å². The van der Waals surface area contributed by atoms with Gasteiger partial charge in [-0.05, 0) is 42.5 Å². The minimum atomic E-state index is -0.490. The first-order valence-electron chi connectivity index (χ1n) is 12.7. The molecule has 2 fully saturated rings. The van der Waals surface area contributed by atoms with Gasteiger partial charge in [-0.15, -0.1) is 0 Å². The summed E-state index contributed by atoms with van der Waals surface area (Å²) in [6, 6.07) is 23.9. The monoisotopic (exact) mass is 561 g/mol. The molecule has 0 aliphatic carbocycles. The van der Waals surface area contributed by atoms with E-state index in [0.717, 1.165) is 42.9 Å². The number of ether oxygens (including phenoxy) is 1. The summed E-state index contributed by atoms with van der Waals surface area (Å²) in [4.78, 5) is 37.7. The molecule has 2 aliphatic rings. The van der Waals surface area contributed by atoms with Gasteiger partial charge < -0.3 is 9.15 Å². The second kappa shape index (κ2) is 11.8. The fourth-order valence-electron chi connectivity index (χ4n) is 5.05. The lowest BCUT2D eigenvalue weighted by Crippen LogP contribution is -2.46. The van der Waals surface area contributed by atoms with Crippen LogP contribution in [0.4, 0.5) is 14.9 Å². The Kier molecular flexibility index (Phi) is 8.07. The van der Waals surface area contributed by atoms with E-state index in [-0.39, 0.29) is 17.3 Å². The van der Waals surface area contributed by atoms with Crippen LogP contribution in [0, 0.1) is 5.82 Å². The van der Waals surface area contributed by atoms with Crippen molar-refractivity contribution in [3.63, 3.8) is 0 Å². The summed E-state index contributed by atoms with van der Waals surface area (Å²) in [6.07, 6.45) is 1.41. The summed E-state index contributed by atoms with van der Waals surface area (Å²) < 4.78 is 26.0. The molecule has 2 aliphatic heterocycles. The number of hydrogen-bond acceptors (Lipinski definition) is 7. The summed E-state index contributed by atoms with van der Waals surface area (Å²) in [5.74, 6) is 0.595. The van der Waals surface area contributed by atoms with E-state index in [1.54, 1.807) is 17.0 Å². The molecule has 3 aromatic carbocycles. The zero-order chi connectivity index (χ0) is 28.1. The highest BCUT2D eigenvalue weighted by Gasteiger charge is 2.47. The van der Waals surface area contributed by atoms with Crippen molar-refractivity contribution < 1.29 is 27.9 Å². The number of rotatable bonds is 5. The Labute approximate surface area is 234 Å². The maximum absolute atomic E-state index is 13.8. The molecule has 0 N–H and O–H groups in total. The predicted octanol–water partition coefficient (Wildman–Crippen LogP) is 6.21. The molecule has 4 aromatic rings. The van der Waals surface area contributed by atoms with E-state index in [9.17, 15) is 9.18 Å². The molecule has 1 amide bonds. The maximum atomic E-state index is 13.8. The van der Waals surface area contributed by atoms with Gasteiger partial charge in [-0.2, -0.15) is 9.59 Å². The number of nitrogens with zero attached hydrogens (tertiary/aromatic N) is 3. The highest BCUT2D eigenvalue weighted by Crippen LogP contribution is 2.37. The number of carbonyl (C=O) groups excluding carboxylic acids is 3. The Morgan fingerprint density at radius 3 is 2.25 bits per heavy atom. The molecule has 8 nitrogen and oxygen atoms in total. The van der Waals surface area contributed by atoms with E-state index in [1.165, 1.54) is 6.07 Å². The van der Waals surface area contributed by atoms with Gasteiger partial charge >= 0.3 is 12.2 Å². The quantitative estimate of drug-likeness (QED) is 0.286. The molecular weight excluding hydrogens is 537 g/mol. The van der Waals surface area contributed by atoms with Crippen LogP contribution in [0.15, 0.2) is 83.3 Å². The largest absolute Gasteiger partial charge is 0.441 e. The molecule has 40 heavy (non-hydrogen) atoms. The Balaban J connectivity index is 0.00000103. The summed E-state index contributed by atoms with van der Waals surface area (Å²) in [6.45, 7) is 2.58. The van der Waals surface area contributed by atoms with Crippen molar-refractivity contribution in [2.75, 3.05) is 24.5 Å². The van der Waals surface area contributed by atoms with Gasteiger partial charge in [0.1, 0.15) is 17.1 Å². The van der Waals surface area contributed by atoms with Crippen molar-refractivity contribution in [3.8, 4) is 22.8 Å². The number of oxazole rings is 1. The van der Waals surface area contributed by atoms with Crippen LogP contribution >= 0.6 is 11.6 Å². The van der Waals surface area contributed by atoms with Crippen LogP contribution in [0.1, 0.15) is 18.5 Å². The molecule has 1 spiro atoms. The predicted molar refractivity (Wildman–Crippen MR) is 145 cm³/mol. The van der Waals surface area contributed by atoms with Crippen molar-refractivity contribution in [2.45, 2.75) is 25.0 Å². The standard InChI is InChI=1S/C29H25ClFN3O3.CO2/c30-23-17-21(11-12-24(23)31)26-25(32-27(36-26)20-7-3-1-4-8-20)18-33-15-13-29(14-16-33)19-34(28(35)37-29)22-9-5-2-6-10-22;2-1-3/h1-12,17H,13-16,18-19H2;. The first kappa shape index (κ1) is 27.3. The minimum Gasteiger partial charge on any atom is -0.441 e. The molecule has 0 unspecified atom stereocenters. The molecule has 10 heteroatoms. The van der Waals surface area contributed by atoms with Crippen LogP contribution < -0.4 is 4.90 Å². The van der Waals surface area contributed by atoms with E-state index < -0.39 is 11.4 Å². The lowest BCUT2D eigenvalue weighted by molar-refractivity contribution is -0.191. The minimum absolute atomic E-state index is 0.0343. The average Bonchev–Trinajstić information content (AvgIpc) is 3.54. The highest BCUT2D eigenvalue weighted by atomic mass is 35.5. The third-order valence-corrected chi connectivity index (χ3v) is 7.37. The molecule has 3 heterocycles. The summed E-state index contributed by atoms with van der Waals surface area (Å²) in [5.41, 5.74) is 2.65. The molecular formula is C30H25ClFN3O5. The van der Waals surface area contributed by atoms with Crippen LogP contribution in [0.3, 0.4) is 0 Å². The lowest BCUT2D eigenvalue weighted by Gasteiger charge is -2.37. The highest BCUT2D eigenvalue weighted by molar-refractivity contribution is 6.31. The first-order chi connectivity index (χ1) is 19.4. The van der Waals surface area contributed by atoms with Gasteiger partial charge in [0.05, 0.1) is 11.6 Å². The van der Waals surface area contributed by atoms with Gasteiger partial charge in [0.25, 0.3) is 0 Å². The van der Waals surface area contributed by atoms with Gasteiger partial charge in [-0.3, -0.25) is 9.80 Å². The van der Waals surface area contributed by atoms with Crippen LogP contribution in [0.25, 0.3) is 22.8 Å². The van der Waals surface area contributed by atoms with Crippen LogP contribution in [-0.2, 0) is 20.9 Å². The number of halogens is 2. The molecule has 6 rings (SSSR count). The molecule has 0 saturated carbocycles. The number of benzene rings is 3. The number of hydrogen-bond donors (Lipinski definition) is 0. The van der Waals surface area contributed by atoms with E-state index in [0.29, 0.717) is 30.3 Å². The third-order valence-electron chi connectivity index (χ3n) is 7.08. The number of aromatic nitrogens is 1. The topological polar surface area (TPSA) is 92.9 Å². The average molecular weight is 562 g/mol. The Bertz CT molecular complexity index is 1520. The first-order valence-corrected chi connectivity index (χ1v) is 13.1. The van der Waals surface area contributed by atoms with E-state index >= 15 is 0 Å². The van der Waals surface area contributed by atoms with Crippen LogP contribution in [-0.4, -0.2) is 47.4 Å². The Hall–Kier alpha value is -4.30. The second-order valence-electron chi connectivity index (χ2n) is 9.62. The normalized spacial score (nSPS) is 16.2. The van der Waals surface area contributed by atoms with Crippen molar-refractivity contribution >= 4 is 29.5 Å². The van der Waals surface area contributed by atoms with Crippen molar-refractivity contribution in [1.82, 2.24) is 9.88 Å². The van der Waals surface area contributed by atoms with Crippen LogP contribution in [0.5, 0.6) is 0 Å². The smallest absolute Gasteiger partial charge is 0.415 e. The molecule has 0 radical (unpaired) electrons. The maximum Gasteiger partial charge on any atom is 0.415 e. The Morgan fingerprint density at radius 1 is 0.950 bits per heavy atom. The number of likely N-dealkylation sites (tertiary alicyclic amines) is 1. The van der Waals surface area contributed by atoms with Gasteiger partial charge in [0, 0.05) is 49.3 Å². The van der Waals surface area contributed by atoms with Crippen molar-refractivity contribution in [3.05, 3.63) is 95.4 Å². The van der Waals surface area contributed by atoms with E-state index in [1.807, 2.05) is 60.7 Å². The zero-order valence-corrected chi connectivity index (χ0v) is 22.1. The van der Waals surface area contributed by atoms with Gasteiger partial charge in [-0.25, -0.2) is 14.2 Å². The Morgan fingerprint density at radius 2 is 1.60 bits per heavy atom. The lowest BCUT2D eigenvalue weighted by atomic mass is 9.91. The molecule has 2 saturated heterocycles. The molecule has 0 atom stereocenters. The van der Waals surface area contributed by atoms with Gasteiger partial charge in [-0.1, -0.05) is 48.0 Å². The summed E-state index contributed by atoms with van der Waals surface area (Å²) in [5, 5.41) is 0.0343.